The SMILES string of the molecule is Fc1ccc(-c2nc3ccncc3[nH]2)cc1F. The molecule has 0 saturated heterocycles. The number of nitrogens with one attached hydrogen (secondary N) is 1. The maximum atomic E-state index is 13.1. The van der Waals surface area contributed by atoms with Crippen LogP contribution in [0.15, 0.2) is 36.7 Å². The number of halogens is 2. The van der Waals surface area contributed by atoms with Crippen LogP contribution in [0.25, 0.3) is 22.4 Å². The van der Waals surface area contributed by atoms with Gasteiger partial charge in [0, 0.05) is 11.8 Å². The van der Waals surface area contributed by atoms with Crippen molar-refractivity contribution in [3.05, 3.63) is 48.3 Å². The maximum absolute atomic E-state index is 13.1. The number of hydrogen-bond acceptors (Lipinski definition) is 2. The molecule has 0 unspecified atom stereocenters. The Balaban J connectivity index is 2.17. The third-order valence-electron chi connectivity index (χ3n) is 2.48. The minimum Gasteiger partial charge on any atom is -0.337 e. The number of pyridine rings is 1. The van der Waals surface area contributed by atoms with Crippen LogP contribution in [-0.4, -0.2) is 15.0 Å². The number of nitrogens with zero attached hydrogens (tertiary/aromatic N) is 2. The molecule has 5 heteroatoms. The molecule has 0 spiro atoms. The number of fused-ring (bicyclic) bond motifs is 1. The molecule has 17 heavy (non-hydrogen) atoms. The van der Waals surface area contributed by atoms with Crippen molar-refractivity contribution in [3.63, 3.8) is 0 Å². The predicted octanol–water partition coefficient (Wildman–Crippen LogP) is 2.90. The van der Waals surface area contributed by atoms with Crippen molar-refractivity contribution in [2.45, 2.75) is 0 Å². The lowest BCUT2D eigenvalue weighted by molar-refractivity contribution is 0.509. The highest BCUT2D eigenvalue weighted by molar-refractivity contribution is 5.78. The third kappa shape index (κ3) is 1.65. The first kappa shape index (κ1) is 9.89. The van der Waals surface area contributed by atoms with Crippen LogP contribution in [0.1, 0.15) is 0 Å². The van der Waals surface area contributed by atoms with E-state index >= 15 is 0 Å². The summed E-state index contributed by atoms with van der Waals surface area (Å²) in [7, 11) is 0. The van der Waals surface area contributed by atoms with Gasteiger partial charge in [-0.3, -0.25) is 4.98 Å². The summed E-state index contributed by atoms with van der Waals surface area (Å²) in [4.78, 5) is 11.2. The molecule has 0 atom stereocenters. The fourth-order valence-electron chi connectivity index (χ4n) is 1.64. The normalized spacial score (nSPS) is 10.9. The van der Waals surface area contributed by atoms with E-state index in [1.807, 2.05) is 0 Å². The fourth-order valence-corrected chi connectivity index (χ4v) is 1.64. The van der Waals surface area contributed by atoms with E-state index in [0.717, 1.165) is 23.2 Å². The zero-order valence-corrected chi connectivity index (χ0v) is 8.61. The lowest BCUT2D eigenvalue weighted by Crippen LogP contribution is -1.86. The summed E-state index contributed by atoms with van der Waals surface area (Å²) in [6.07, 6.45) is 3.25. The summed E-state index contributed by atoms with van der Waals surface area (Å²) < 4.78 is 25.9. The maximum Gasteiger partial charge on any atom is 0.159 e. The Morgan fingerprint density at radius 2 is 1.94 bits per heavy atom. The molecule has 1 aromatic carbocycles. The van der Waals surface area contributed by atoms with Gasteiger partial charge in [0.15, 0.2) is 11.6 Å². The van der Waals surface area contributed by atoms with E-state index in [9.17, 15) is 8.78 Å². The molecule has 0 aliphatic heterocycles. The number of H-pyrrole nitrogens is 1. The Labute approximate surface area is 95.1 Å². The summed E-state index contributed by atoms with van der Waals surface area (Å²) >= 11 is 0. The Kier molecular flexibility index (Phi) is 2.11. The van der Waals surface area contributed by atoms with Crippen molar-refractivity contribution in [1.82, 2.24) is 15.0 Å². The van der Waals surface area contributed by atoms with Crippen LogP contribution < -0.4 is 0 Å². The minimum atomic E-state index is -0.888. The molecule has 1 N–H and O–H groups in total. The van der Waals surface area contributed by atoms with Gasteiger partial charge in [-0.1, -0.05) is 0 Å². The zero-order valence-electron chi connectivity index (χ0n) is 8.61. The number of imidazole rings is 1. The number of hydrogen-bond donors (Lipinski definition) is 1. The second-order valence-corrected chi connectivity index (χ2v) is 3.61. The molecule has 2 heterocycles. The van der Waals surface area contributed by atoms with Gasteiger partial charge in [0.05, 0.1) is 17.2 Å². The quantitative estimate of drug-likeness (QED) is 0.699. The number of rotatable bonds is 1. The fraction of sp³-hybridized carbons (Fsp3) is 0. The van der Waals surface area contributed by atoms with E-state index in [4.69, 9.17) is 0 Å². The largest absolute Gasteiger partial charge is 0.337 e. The molecule has 0 aliphatic carbocycles. The lowest BCUT2D eigenvalue weighted by Gasteiger charge is -1.97. The van der Waals surface area contributed by atoms with Crippen LogP contribution in [0.5, 0.6) is 0 Å². The van der Waals surface area contributed by atoms with Crippen molar-refractivity contribution < 1.29 is 8.78 Å². The van der Waals surface area contributed by atoms with Crippen molar-refractivity contribution in [3.8, 4) is 11.4 Å². The van der Waals surface area contributed by atoms with Crippen molar-refractivity contribution in [2.75, 3.05) is 0 Å². The second-order valence-electron chi connectivity index (χ2n) is 3.61. The predicted molar refractivity (Wildman–Crippen MR) is 59.2 cm³/mol. The highest BCUT2D eigenvalue weighted by Gasteiger charge is 2.08. The van der Waals surface area contributed by atoms with Gasteiger partial charge in [0.2, 0.25) is 0 Å². The van der Waals surface area contributed by atoms with E-state index in [1.165, 1.54) is 6.07 Å². The molecular weight excluding hydrogens is 224 g/mol. The first-order chi connectivity index (χ1) is 8.24. The van der Waals surface area contributed by atoms with Crippen molar-refractivity contribution in [1.29, 1.82) is 0 Å². The van der Waals surface area contributed by atoms with Gasteiger partial charge in [-0.15, -0.1) is 0 Å². The standard InChI is InChI=1S/C12H7F2N3/c13-8-2-1-7(5-9(8)14)12-16-10-3-4-15-6-11(10)17-12/h1-6H,(H,16,17). The summed E-state index contributed by atoms with van der Waals surface area (Å²) in [6, 6.07) is 5.41. The van der Waals surface area contributed by atoms with Crippen LogP contribution in [0, 0.1) is 11.6 Å². The van der Waals surface area contributed by atoms with E-state index in [2.05, 4.69) is 15.0 Å². The zero-order chi connectivity index (χ0) is 11.8. The molecule has 0 fully saturated rings. The molecule has 2 aromatic heterocycles. The summed E-state index contributed by atoms with van der Waals surface area (Å²) in [6.45, 7) is 0. The number of aromatic nitrogens is 3. The highest BCUT2D eigenvalue weighted by Crippen LogP contribution is 2.21. The smallest absolute Gasteiger partial charge is 0.159 e. The third-order valence-corrected chi connectivity index (χ3v) is 2.48. The van der Waals surface area contributed by atoms with Crippen LogP contribution >= 0.6 is 0 Å². The first-order valence-electron chi connectivity index (χ1n) is 4.99. The average molecular weight is 231 g/mol. The topological polar surface area (TPSA) is 41.6 Å². The van der Waals surface area contributed by atoms with Gasteiger partial charge in [-0.2, -0.15) is 0 Å². The summed E-state index contributed by atoms with van der Waals surface area (Å²) in [5, 5.41) is 0. The van der Waals surface area contributed by atoms with E-state index in [-0.39, 0.29) is 0 Å². The highest BCUT2D eigenvalue weighted by atomic mass is 19.2. The molecule has 3 rings (SSSR count). The molecule has 0 saturated carbocycles. The van der Waals surface area contributed by atoms with Crippen LogP contribution in [-0.2, 0) is 0 Å². The molecule has 0 amide bonds. The summed E-state index contributed by atoms with van der Waals surface area (Å²) in [5.41, 5.74) is 1.99. The molecule has 0 radical (unpaired) electrons. The van der Waals surface area contributed by atoms with Gasteiger partial charge in [-0.25, -0.2) is 13.8 Å². The van der Waals surface area contributed by atoms with Crippen LogP contribution in [0.4, 0.5) is 8.78 Å². The second kappa shape index (κ2) is 3.62. The van der Waals surface area contributed by atoms with E-state index in [0.29, 0.717) is 11.4 Å². The first-order valence-corrected chi connectivity index (χ1v) is 4.99. The Bertz CT molecular complexity index is 658. The Morgan fingerprint density at radius 1 is 1.06 bits per heavy atom. The number of aromatic amines is 1. The van der Waals surface area contributed by atoms with Gasteiger partial charge in [0.1, 0.15) is 5.82 Å². The molecule has 84 valence electrons. The molecule has 3 aromatic rings. The van der Waals surface area contributed by atoms with Crippen LogP contribution in [0.2, 0.25) is 0 Å². The summed E-state index contributed by atoms with van der Waals surface area (Å²) in [5.74, 6) is -1.26. The monoisotopic (exact) mass is 231 g/mol. The molecule has 3 nitrogen and oxygen atoms in total. The Morgan fingerprint density at radius 3 is 2.71 bits per heavy atom. The van der Waals surface area contributed by atoms with Crippen molar-refractivity contribution >= 4 is 11.0 Å². The van der Waals surface area contributed by atoms with Gasteiger partial charge >= 0.3 is 0 Å². The Hall–Kier alpha value is -2.30. The van der Waals surface area contributed by atoms with Gasteiger partial charge < -0.3 is 4.98 Å². The molecular formula is C12H7F2N3. The van der Waals surface area contributed by atoms with E-state index in [1.54, 1.807) is 18.5 Å². The van der Waals surface area contributed by atoms with Gasteiger partial charge in [-0.05, 0) is 24.3 Å². The average Bonchev–Trinajstić information content (AvgIpc) is 2.76. The number of benzene rings is 1. The lowest BCUT2D eigenvalue weighted by atomic mass is 10.2. The van der Waals surface area contributed by atoms with E-state index < -0.39 is 11.6 Å². The van der Waals surface area contributed by atoms with Crippen molar-refractivity contribution in [2.24, 2.45) is 0 Å². The van der Waals surface area contributed by atoms with Crippen LogP contribution in [0.3, 0.4) is 0 Å². The van der Waals surface area contributed by atoms with Gasteiger partial charge in [0.25, 0.3) is 0 Å². The minimum absolute atomic E-state index is 0.493. The molecule has 0 bridgehead atoms. The molecule has 0 aliphatic rings.